The summed E-state index contributed by atoms with van der Waals surface area (Å²) in [5, 5.41) is 17.4. The van der Waals surface area contributed by atoms with Gasteiger partial charge in [-0.05, 0) is 22.0 Å². The second-order valence-electron chi connectivity index (χ2n) is 2.18. The highest BCUT2D eigenvalue weighted by Gasteiger charge is 2.21. The van der Waals surface area contributed by atoms with E-state index in [9.17, 15) is 9.18 Å². The van der Waals surface area contributed by atoms with Crippen molar-refractivity contribution < 1.29 is 19.4 Å². The second-order valence-corrected chi connectivity index (χ2v) is 3.44. The number of phenols is 1. The van der Waals surface area contributed by atoms with Crippen molar-refractivity contribution in [3.05, 3.63) is 26.9 Å². The summed E-state index contributed by atoms with van der Waals surface area (Å²) >= 11 is 8.19. The molecule has 0 radical (unpaired) electrons. The average molecular weight is 269 g/mol. The Morgan fingerprint density at radius 1 is 1.62 bits per heavy atom. The topological polar surface area (TPSA) is 57.5 Å². The largest absolute Gasteiger partial charge is 0.505 e. The van der Waals surface area contributed by atoms with Gasteiger partial charge in [-0.2, -0.15) is 0 Å². The first kappa shape index (κ1) is 10.3. The highest BCUT2D eigenvalue weighted by Crippen LogP contribution is 2.34. The molecule has 0 heterocycles. The summed E-state index contributed by atoms with van der Waals surface area (Å²) in [6.45, 7) is 0. The van der Waals surface area contributed by atoms with Gasteiger partial charge in [-0.1, -0.05) is 11.6 Å². The van der Waals surface area contributed by atoms with Gasteiger partial charge in [0.2, 0.25) is 0 Å². The third-order valence-electron chi connectivity index (χ3n) is 1.36. The summed E-state index contributed by atoms with van der Waals surface area (Å²) in [6.07, 6.45) is 0. The molecule has 6 heteroatoms. The maximum absolute atomic E-state index is 13.0. The van der Waals surface area contributed by atoms with Gasteiger partial charge in [-0.25, -0.2) is 9.18 Å². The first-order valence-electron chi connectivity index (χ1n) is 3.05. The van der Waals surface area contributed by atoms with Crippen LogP contribution in [0, 0.1) is 5.82 Å². The second kappa shape index (κ2) is 3.51. The van der Waals surface area contributed by atoms with Crippen LogP contribution in [0.2, 0.25) is 5.02 Å². The first-order chi connectivity index (χ1) is 5.95. The lowest BCUT2D eigenvalue weighted by Gasteiger charge is -2.04. The SMILES string of the molecule is O=C(O)c1c(O)c(Cl)cc(Br)c1F. The zero-order chi connectivity index (χ0) is 10.2. The van der Waals surface area contributed by atoms with Crippen LogP contribution < -0.4 is 0 Å². The van der Waals surface area contributed by atoms with Crippen molar-refractivity contribution in [2.24, 2.45) is 0 Å². The Morgan fingerprint density at radius 2 is 2.15 bits per heavy atom. The van der Waals surface area contributed by atoms with Gasteiger partial charge in [0, 0.05) is 0 Å². The van der Waals surface area contributed by atoms with Gasteiger partial charge < -0.3 is 10.2 Å². The highest BCUT2D eigenvalue weighted by molar-refractivity contribution is 9.10. The van der Waals surface area contributed by atoms with E-state index in [1.807, 2.05) is 0 Å². The van der Waals surface area contributed by atoms with Gasteiger partial charge in [-0.15, -0.1) is 0 Å². The first-order valence-corrected chi connectivity index (χ1v) is 4.22. The molecule has 1 aromatic carbocycles. The molecule has 0 fully saturated rings. The van der Waals surface area contributed by atoms with Crippen LogP contribution in [0.4, 0.5) is 4.39 Å². The van der Waals surface area contributed by atoms with Crippen molar-refractivity contribution in [3.8, 4) is 5.75 Å². The minimum absolute atomic E-state index is 0.104. The molecule has 0 bridgehead atoms. The molecule has 1 aromatic rings. The molecule has 0 saturated heterocycles. The zero-order valence-corrected chi connectivity index (χ0v) is 8.36. The number of hydrogen-bond donors (Lipinski definition) is 2. The van der Waals surface area contributed by atoms with Crippen LogP contribution in [-0.2, 0) is 0 Å². The van der Waals surface area contributed by atoms with Crippen molar-refractivity contribution in [1.29, 1.82) is 0 Å². The zero-order valence-electron chi connectivity index (χ0n) is 6.01. The van der Waals surface area contributed by atoms with Gasteiger partial charge in [0.1, 0.15) is 5.56 Å². The molecule has 0 atom stereocenters. The third-order valence-corrected chi connectivity index (χ3v) is 2.22. The Morgan fingerprint density at radius 3 is 2.62 bits per heavy atom. The Kier molecular flexibility index (Phi) is 2.77. The lowest BCUT2D eigenvalue weighted by molar-refractivity contribution is 0.0688. The molecule has 0 aliphatic carbocycles. The van der Waals surface area contributed by atoms with Crippen molar-refractivity contribution in [2.45, 2.75) is 0 Å². The van der Waals surface area contributed by atoms with E-state index in [0.717, 1.165) is 6.07 Å². The molecule has 0 amide bonds. The quantitative estimate of drug-likeness (QED) is 0.771. The predicted molar refractivity (Wildman–Crippen MR) is 47.7 cm³/mol. The summed E-state index contributed by atoms with van der Waals surface area (Å²) in [4.78, 5) is 10.5. The van der Waals surface area contributed by atoms with Crippen LogP contribution in [0.3, 0.4) is 0 Å². The monoisotopic (exact) mass is 268 g/mol. The standard InChI is InChI=1S/C7H3BrClFO3/c8-2-1-3(9)6(11)4(5(2)10)7(12)13/h1,11H,(H,12,13). The van der Waals surface area contributed by atoms with Gasteiger partial charge in [-0.3, -0.25) is 0 Å². The molecule has 13 heavy (non-hydrogen) atoms. The molecule has 1 rings (SSSR count). The molecule has 0 aliphatic heterocycles. The maximum Gasteiger partial charge on any atom is 0.342 e. The van der Waals surface area contributed by atoms with Gasteiger partial charge in [0.25, 0.3) is 0 Å². The molecule has 3 nitrogen and oxygen atoms in total. The fraction of sp³-hybridized carbons (Fsp3) is 0. The molecule has 0 unspecified atom stereocenters. The number of aromatic hydroxyl groups is 1. The van der Waals surface area contributed by atoms with Crippen LogP contribution in [0.5, 0.6) is 5.75 Å². The van der Waals surface area contributed by atoms with E-state index in [-0.39, 0.29) is 9.50 Å². The van der Waals surface area contributed by atoms with E-state index in [0.29, 0.717) is 0 Å². The number of carboxylic acid groups (broad SMARTS) is 1. The van der Waals surface area contributed by atoms with Crippen LogP contribution >= 0.6 is 27.5 Å². The summed E-state index contributed by atoms with van der Waals surface area (Å²) in [5.41, 5.74) is -0.834. The predicted octanol–water partition coefficient (Wildman–Crippen LogP) is 2.65. The van der Waals surface area contributed by atoms with E-state index in [4.69, 9.17) is 21.8 Å². The normalized spacial score (nSPS) is 10.1. The smallest absolute Gasteiger partial charge is 0.342 e. The van der Waals surface area contributed by atoms with Gasteiger partial charge in [0.05, 0.1) is 9.50 Å². The number of carboxylic acids is 1. The van der Waals surface area contributed by atoms with Gasteiger partial charge >= 0.3 is 5.97 Å². The van der Waals surface area contributed by atoms with E-state index in [1.165, 1.54) is 0 Å². The summed E-state index contributed by atoms with van der Waals surface area (Å²) in [7, 11) is 0. The molecular weight excluding hydrogens is 266 g/mol. The van der Waals surface area contributed by atoms with Crippen LogP contribution in [0.25, 0.3) is 0 Å². The molecule has 0 aromatic heterocycles. The third kappa shape index (κ3) is 1.76. The molecule has 0 spiro atoms. The Bertz CT molecular complexity index is 354. The highest BCUT2D eigenvalue weighted by atomic mass is 79.9. The van der Waals surface area contributed by atoms with Crippen molar-refractivity contribution in [3.63, 3.8) is 0 Å². The molecule has 70 valence electrons. The summed E-state index contributed by atoms with van der Waals surface area (Å²) in [5.74, 6) is -3.39. The Labute approximate surface area is 85.9 Å². The molecular formula is C7H3BrClFO3. The number of halogens is 3. The fourth-order valence-corrected chi connectivity index (χ4v) is 1.54. The van der Waals surface area contributed by atoms with E-state index < -0.39 is 23.1 Å². The van der Waals surface area contributed by atoms with E-state index >= 15 is 0 Å². The average Bonchev–Trinajstić information content (AvgIpc) is 2.01. The number of rotatable bonds is 1. The summed E-state index contributed by atoms with van der Waals surface area (Å²) in [6, 6.07) is 1.08. The van der Waals surface area contributed by atoms with E-state index in [2.05, 4.69) is 15.9 Å². The molecule has 2 N–H and O–H groups in total. The number of aromatic carboxylic acids is 1. The molecule has 0 saturated carbocycles. The lowest BCUT2D eigenvalue weighted by Crippen LogP contribution is -2.02. The van der Waals surface area contributed by atoms with Crippen LogP contribution in [-0.4, -0.2) is 16.2 Å². The maximum atomic E-state index is 13.0. The molecule has 0 aliphatic rings. The number of benzene rings is 1. The van der Waals surface area contributed by atoms with Crippen molar-refractivity contribution in [2.75, 3.05) is 0 Å². The Hall–Kier alpha value is -0.810. The fourth-order valence-electron chi connectivity index (χ4n) is 0.781. The van der Waals surface area contributed by atoms with E-state index in [1.54, 1.807) is 0 Å². The number of hydrogen-bond acceptors (Lipinski definition) is 2. The lowest BCUT2D eigenvalue weighted by atomic mass is 10.2. The summed E-state index contributed by atoms with van der Waals surface area (Å²) < 4.78 is 12.9. The van der Waals surface area contributed by atoms with Gasteiger partial charge in [0.15, 0.2) is 11.6 Å². The van der Waals surface area contributed by atoms with Crippen molar-refractivity contribution >= 4 is 33.5 Å². The Balaban J connectivity index is 3.56. The minimum Gasteiger partial charge on any atom is -0.505 e. The van der Waals surface area contributed by atoms with Crippen molar-refractivity contribution in [1.82, 2.24) is 0 Å². The van der Waals surface area contributed by atoms with Crippen LogP contribution in [0.1, 0.15) is 10.4 Å². The minimum atomic E-state index is -1.57. The number of carbonyl (C=O) groups is 1. The van der Waals surface area contributed by atoms with Crippen LogP contribution in [0.15, 0.2) is 10.5 Å².